The lowest BCUT2D eigenvalue weighted by Gasteiger charge is -2.19. The molecule has 0 saturated heterocycles. The van der Waals surface area contributed by atoms with Crippen LogP contribution in [0.1, 0.15) is 50.4 Å². The van der Waals surface area contributed by atoms with Crippen LogP contribution in [0.5, 0.6) is 0 Å². The summed E-state index contributed by atoms with van der Waals surface area (Å²) in [4.78, 5) is 11.5. The number of aryl methyl sites for hydroxylation is 2. The number of hydrogen-bond acceptors (Lipinski definition) is 3. The number of carbonyl (C=O) groups is 1. The first-order valence-electron chi connectivity index (χ1n) is 8.11. The highest BCUT2D eigenvalue weighted by molar-refractivity contribution is 5.67. The zero-order chi connectivity index (χ0) is 17.5. The molecular weight excluding hydrogens is 288 g/mol. The van der Waals surface area contributed by atoms with Crippen LogP contribution in [0.3, 0.4) is 0 Å². The Morgan fingerprint density at radius 2 is 1.87 bits per heavy atom. The summed E-state index contributed by atoms with van der Waals surface area (Å²) in [6, 6.07) is 6.81. The highest BCUT2D eigenvalue weighted by atomic mass is 16.6. The maximum Gasteiger partial charge on any atom is 0.407 e. The predicted octanol–water partition coefficient (Wildman–Crippen LogP) is 4.03. The van der Waals surface area contributed by atoms with E-state index in [2.05, 4.69) is 49.6 Å². The van der Waals surface area contributed by atoms with Crippen molar-refractivity contribution in [3.05, 3.63) is 47.0 Å². The van der Waals surface area contributed by atoms with Gasteiger partial charge in [-0.15, -0.1) is 0 Å². The molecule has 0 saturated carbocycles. The number of alkyl carbamates (subject to hydrolysis) is 1. The average molecular weight is 318 g/mol. The predicted molar refractivity (Wildman–Crippen MR) is 95.7 cm³/mol. The molecule has 1 amide bonds. The van der Waals surface area contributed by atoms with E-state index < -0.39 is 11.7 Å². The van der Waals surface area contributed by atoms with E-state index in [4.69, 9.17) is 4.74 Å². The van der Waals surface area contributed by atoms with Crippen LogP contribution in [0.15, 0.2) is 30.4 Å². The highest BCUT2D eigenvalue weighted by Gasteiger charge is 2.14. The lowest BCUT2D eigenvalue weighted by atomic mass is 10.0. The molecule has 1 aromatic carbocycles. The largest absolute Gasteiger partial charge is 0.444 e. The van der Waals surface area contributed by atoms with Gasteiger partial charge in [-0.3, -0.25) is 0 Å². The first kappa shape index (κ1) is 19.2. The molecule has 0 fully saturated rings. The second-order valence-corrected chi connectivity index (χ2v) is 6.84. The summed E-state index contributed by atoms with van der Waals surface area (Å²) >= 11 is 0. The minimum Gasteiger partial charge on any atom is -0.444 e. The summed E-state index contributed by atoms with van der Waals surface area (Å²) in [5.41, 5.74) is 3.44. The molecule has 1 unspecified atom stereocenters. The van der Waals surface area contributed by atoms with E-state index >= 15 is 0 Å². The summed E-state index contributed by atoms with van der Waals surface area (Å²) in [6.45, 7) is 13.2. The Balaban J connectivity index is 2.29. The fraction of sp³-hybridized carbons (Fsp3) is 0.526. The molecule has 0 aliphatic heterocycles. The monoisotopic (exact) mass is 318 g/mol. The fourth-order valence-electron chi connectivity index (χ4n) is 2.29. The molecule has 0 aliphatic rings. The summed E-state index contributed by atoms with van der Waals surface area (Å²) in [7, 11) is 0. The second-order valence-electron chi connectivity index (χ2n) is 6.84. The van der Waals surface area contributed by atoms with Crippen molar-refractivity contribution in [1.29, 1.82) is 0 Å². The summed E-state index contributed by atoms with van der Waals surface area (Å²) in [5.74, 6) is 0. The van der Waals surface area contributed by atoms with E-state index in [0.29, 0.717) is 12.6 Å². The molecule has 0 radical (unpaired) electrons. The van der Waals surface area contributed by atoms with Crippen LogP contribution >= 0.6 is 0 Å². The molecule has 0 heterocycles. The number of amides is 1. The zero-order valence-electron chi connectivity index (χ0n) is 15.2. The van der Waals surface area contributed by atoms with Crippen LogP contribution in [0.25, 0.3) is 0 Å². The second kappa shape index (κ2) is 8.73. The topological polar surface area (TPSA) is 50.4 Å². The molecule has 1 rings (SSSR count). The van der Waals surface area contributed by atoms with Gasteiger partial charge in [-0.05, 0) is 52.7 Å². The average Bonchev–Trinajstić information content (AvgIpc) is 2.40. The highest BCUT2D eigenvalue weighted by Crippen LogP contribution is 2.18. The summed E-state index contributed by atoms with van der Waals surface area (Å²) < 4.78 is 5.16. The van der Waals surface area contributed by atoms with Crippen molar-refractivity contribution in [3.63, 3.8) is 0 Å². The number of nitrogens with one attached hydrogen (secondary N) is 2. The molecule has 1 atom stereocenters. The van der Waals surface area contributed by atoms with Crippen LogP contribution in [-0.2, 0) is 4.74 Å². The third kappa shape index (κ3) is 7.84. The summed E-state index contributed by atoms with van der Waals surface area (Å²) in [6.07, 6.45) is 3.54. The Labute approximate surface area is 140 Å². The number of benzene rings is 1. The van der Waals surface area contributed by atoms with Crippen LogP contribution in [-0.4, -0.2) is 24.8 Å². The van der Waals surface area contributed by atoms with Crippen molar-refractivity contribution >= 4 is 6.09 Å². The summed E-state index contributed by atoms with van der Waals surface area (Å²) in [5, 5.41) is 6.15. The van der Waals surface area contributed by atoms with Gasteiger partial charge in [0.15, 0.2) is 0 Å². The zero-order valence-corrected chi connectivity index (χ0v) is 15.2. The Bertz CT molecular complexity index is 545. The normalized spacial score (nSPS) is 13.1. The first-order chi connectivity index (χ1) is 10.7. The number of carbonyl (C=O) groups excluding carboxylic acids is 1. The van der Waals surface area contributed by atoms with Crippen molar-refractivity contribution in [1.82, 2.24) is 10.6 Å². The third-order valence-corrected chi connectivity index (χ3v) is 3.36. The number of rotatable bonds is 6. The minimum absolute atomic E-state index is 0.291. The molecule has 0 bridgehead atoms. The Hall–Kier alpha value is -1.81. The van der Waals surface area contributed by atoms with E-state index in [1.165, 1.54) is 16.7 Å². The van der Waals surface area contributed by atoms with E-state index in [0.717, 1.165) is 6.54 Å². The molecule has 23 heavy (non-hydrogen) atoms. The first-order valence-corrected chi connectivity index (χ1v) is 8.11. The van der Waals surface area contributed by atoms with Crippen LogP contribution < -0.4 is 10.6 Å². The minimum atomic E-state index is -0.462. The molecule has 1 aromatic rings. The molecular formula is C19H30N2O2. The molecule has 0 spiro atoms. The van der Waals surface area contributed by atoms with Crippen molar-refractivity contribution < 1.29 is 9.53 Å². The van der Waals surface area contributed by atoms with Gasteiger partial charge < -0.3 is 15.4 Å². The molecule has 0 aromatic heterocycles. The molecule has 2 N–H and O–H groups in total. The van der Waals surface area contributed by atoms with Gasteiger partial charge in [-0.2, -0.15) is 0 Å². The third-order valence-electron chi connectivity index (χ3n) is 3.36. The van der Waals surface area contributed by atoms with Gasteiger partial charge in [0.25, 0.3) is 0 Å². The number of hydrogen-bond donors (Lipinski definition) is 2. The van der Waals surface area contributed by atoms with Crippen LogP contribution in [0.2, 0.25) is 0 Å². The maximum absolute atomic E-state index is 11.5. The SMILES string of the molecule is Cc1ccc(C(C)NC/C=C/CNC(=O)OC(C)(C)C)c(C)c1. The van der Waals surface area contributed by atoms with Gasteiger partial charge >= 0.3 is 6.09 Å². The van der Waals surface area contributed by atoms with Crippen LogP contribution in [0, 0.1) is 13.8 Å². The smallest absolute Gasteiger partial charge is 0.407 e. The molecule has 0 aliphatic carbocycles. The Kier molecular flexibility index (Phi) is 7.30. The molecule has 4 heteroatoms. The lowest BCUT2D eigenvalue weighted by molar-refractivity contribution is 0.0534. The van der Waals surface area contributed by atoms with Gasteiger partial charge in [0.05, 0.1) is 0 Å². The maximum atomic E-state index is 11.5. The standard InChI is InChI=1S/C19H30N2O2/c1-14-9-10-17(15(2)13-14)16(3)20-11-7-8-12-21-18(22)23-19(4,5)6/h7-10,13,16,20H,11-12H2,1-6H3,(H,21,22)/b8-7+. The van der Waals surface area contributed by atoms with Gasteiger partial charge in [-0.25, -0.2) is 4.79 Å². The van der Waals surface area contributed by atoms with Crippen molar-refractivity contribution in [2.75, 3.05) is 13.1 Å². The van der Waals surface area contributed by atoms with Gasteiger partial charge in [0.2, 0.25) is 0 Å². The Morgan fingerprint density at radius 3 is 2.48 bits per heavy atom. The molecule has 128 valence electrons. The van der Waals surface area contributed by atoms with Crippen molar-refractivity contribution in [2.24, 2.45) is 0 Å². The van der Waals surface area contributed by atoms with E-state index in [1.807, 2.05) is 32.9 Å². The van der Waals surface area contributed by atoms with Gasteiger partial charge in [-0.1, -0.05) is 35.9 Å². The number of ether oxygens (including phenoxy) is 1. The van der Waals surface area contributed by atoms with E-state index in [1.54, 1.807) is 0 Å². The molecule has 4 nitrogen and oxygen atoms in total. The van der Waals surface area contributed by atoms with Crippen LogP contribution in [0.4, 0.5) is 4.79 Å². The lowest BCUT2D eigenvalue weighted by Crippen LogP contribution is -2.32. The van der Waals surface area contributed by atoms with Crippen molar-refractivity contribution in [2.45, 2.75) is 53.2 Å². The van der Waals surface area contributed by atoms with Crippen molar-refractivity contribution in [3.8, 4) is 0 Å². The van der Waals surface area contributed by atoms with Gasteiger partial charge in [0, 0.05) is 19.1 Å². The van der Waals surface area contributed by atoms with Gasteiger partial charge in [0.1, 0.15) is 5.60 Å². The Morgan fingerprint density at radius 1 is 1.22 bits per heavy atom. The van der Waals surface area contributed by atoms with E-state index in [9.17, 15) is 4.79 Å². The quantitative estimate of drug-likeness (QED) is 0.778. The van der Waals surface area contributed by atoms with E-state index in [-0.39, 0.29) is 0 Å². The fourth-order valence-corrected chi connectivity index (χ4v) is 2.29.